The Labute approximate surface area is 137 Å². The molecule has 2 rings (SSSR count). The molecule has 0 spiro atoms. The van der Waals surface area contributed by atoms with Crippen molar-refractivity contribution in [3.8, 4) is 0 Å². The van der Waals surface area contributed by atoms with Crippen LogP contribution < -0.4 is 5.32 Å². The van der Waals surface area contributed by atoms with Crippen LogP contribution in [0.2, 0.25) is 0 Å². The van der Waals surface area contributed by atoms with Crippen molar-refractivity contribution < 1.29 is 9.53 Å². The molecule has 118 valence electrons. The van der Waals surface area contributed by atoms with E-state index in [0.717, 1.165) is 29.3 Å². The zero-order valence-corrected chi connectivity index (χ0v) is 14.9. The molecule has 2 heterocycles. The number of halogens is 1. The van der Waals surface area contributed by atoms with Crippen molar-refractivity contribution in [2.24, 2.45) is 22.0 Å². The van der Waals surface area contributed by atoms with Crippen molar-refractivity contribution in [2.45, 2.75) is 26.4 Å². The number of amides is 1. The van der Waals surface area contributed by atoms with Crippen LogP contribution in [0.15, 0.2) is 10.2 Å². The molecule has 8 heteroatoms. The number of thioether (sulfide) groups is 1. The van der Waals surface area contributed by atoms with Gasteiger partial charge in [-0.3, -0.25) is 0 Å². The van der Waals surface area contributed by atoms with Gasteiger partial charge in [0.25, 0.3) is 0 Å². The maximum absolute atomic E-state index is 12.2. The summed E-state index contributed by atoms with van der Waals surface area (Å²) in [7, 11) is 0. The molecule has 1 amide bonds. The van der Waals surface area contributed by atoms with E-state index in [1.54, 1.807) is 18.1 Å². The number of hydrogen-bond donors (Lipinski definition) is 1. The minimum atomic E-state index is -0.455. The lowest BCUT2D eigenvalue weighted by molar-refractivity contribution is 0.0285. The summed E-state index contributed by atoms with van der Waals surface area (Å²) >= 11 is 5.00. The molecule has 0 aromatic heterocycles. The predicted octanol–water partition coefficient (Wildman–Crippen LogP) is 2.50. The van der Waals surface area contributed by atoms with E-state index in [1.807, 2.05) is 25.7 Å². The summed E-state index contributed by atoms with van der Waals surface area (Å²) in [4.78, 5) is 14.0. The average Bonchev–Trinajstić information content (AvgIpc) is 2.78. The second-order valence-corrected chi connectivity index (χ2v) is 8.51. The van der Waals surface area contributed by atoms with E-state index in [9.17, 15) is 4.79 Å². The molecule has 2 aliphatic heterocycles. The minimum Gasteiger partial charge on any atom is -0.444 e. The van der Waals surface area contributed by atoms with Crippen LogP contribution in [0.4, 0.5) is 4.79 Å². The van der Waals surface area contributed by atoms with Crippen molar-refractivity contribution >= 4 is 44.1 Å². The van der Waals surface area contributed by atoms with Gasteiger partial charge in [0.2, 0.25) is 0 Å². The highest BCUT2D eigenvalue weighted by atomic mass is 79.9. The molecule has 0 aliphatic carbocycles. The van der Waals surface area contributed by atoms with E-state index in [-0.39, 0.29) is 6.09 Å². The van der Waals surface area contributed by atoms with Gasteiger partial charge in [-0.1, -0.05) is 11.8 Å². The van der Waals surface area contributed by atoms with Crippen LogP contribution >= 0.6 is 27.7 Å². The Bertz CT molecular complexity index is 450. The smallest absolute Gasteiger partial charge is 0.410 e. The second kappa shape index (κ2) is 7.00. The Hall–Kier alpha value is -0.760. The highest BCUT2D eigenvalue weighted by Gasteiger charge is 2.37. The maximum Gasteiger partial charge on any atom is 0.410 e. The predicted molar refractivity (Wildman–Crippen MR) is 90.1 cm³/mol. The van der Waals surface area contributed by atoms with E-state index < -0.39 is 5.60 Å². The van der Waals surface area contributed by atoms with Crippen molar-refractivity contribution in [3.05, 3.63) is 0 Å². The molecule has 0 bridgehead atoms. The van der Waals surface area contributed by atoms with Gasteiger partial charge in [0.1, 0.15) is 11.9 Å². The first-order valence-corrected chi connectivity index (χ1v) is 8.72. The van der Waals surface area contributed by atoms with E-state index in [2.05, 4.69) is 31.4 Å². The van der Waals surface area contributed by atoms with Crippen LogP contribution in [0.1, 0.15) is 20.8 Å². The largest absolute Gasteiger partial charge is 0.444 e. The molecule has 0 aromatic carbocycles. The Morgan fingerprint density at radius 1 is 1.48 bits per heavy atom. The van der Waals surface area contributed by atoms with Crippen molar-refractivity contribution in [1.82, 2.24) is 10.2 Å². The minimum absolute atomic E-state index is 0.226. The molecule has 2 atom stereocenters. The first kappa shape index (κ1) is 16.6. The SMILES string of the molecule is CC(C)(C)OC(=O)N1CC2CN/C=N/N=C(/Br)SCC2C1. The van der Waals surface area contributed by atoms with Crippen molar-refractivity contribution in [1.29, 1.82) is 0 Å². The van der Waals surface area contributed by atoms with Gasteiger partial charge >= 0.3 is 6.09 Å². The topological polar surface area (TPSA) is 66.3 Å². The van der Waals surface area contributed by atoms with E-state index >= 15 is 0 Å². The summed E-state index contributed by atoms with van der Waals surface area (Å²) in [6.07, 6.45) is 1.37. The number of hydrogen-bond acceptors (Lipinski definition) is 6. The summed E-state index contributed by atoms with van der Waals surface area (Å²) < 4.78 is 6.22. The lowest BCUT2D eigenvalue weighted by atomic mass is 9.98. The summed E-state index contributed by atoms with van der Waals surface area (Å²) in [6, 6.07) is 0. The molecular formula is C13H21BrN4O2S. The number of nitrogens with zero attached hydrogens (tertiary/aromatic N) is 3. The first-order chi connectivity index (χ1) is 9.85. The molecule has 1 fully saturated rings. The third-order valence-electron chi connectivity index (χ3n) is 3.31. The summed E-state index contributed by atoms with van der Waals surface area (Å²) in [5.74, 6) is 1.73. The fourth-order valence-corrected chi connectivity index (χ4v) is 3.68. The molecule has 0 radical (unpaired) electrons. The van der Waals surface area contributed by atoms with Crippen LogP contribution in [0, 0.1) is 11.8 Å². The fourth-order valence-electron chi connectivity index (χ4n) is 2.36. The van der Waals surface area contributed by atoms with Gasteiger partial charge in [-0.15, -0.1) is 10.2 Å². The fraction of sp³-hybridized carbons (Fsp3) is 0.769. The molecule has 1 saturated heterocycles. The Morgan fingerprint density at radius 3 is 2.90 bits per heavy atom. The van der Waals surface area contributed by atoms with E-state index in [1.165, 1.54) is 0 Å². The zero-order valence-electron chi connectivity index (χ0n) is 12.5. The molecule has 0 saturated carbocycles. The van der Waals surface area contributed by atoms with Gasteiger partial charge < -0.3 is 15.0 Å². The van der Waals surface area contributed by atoms with Gasteiger partial charge in [0.05, 0.1) is 0 Å². The molecule has 2 aliphatic rings. The van der Waals surface area contributed by atoms with Crippen LogP contribution in [0.5, 0.6) is 0 Å². The van der Waals surface area contributed by atoms with Gasteiger partial charge in [0, 0.05) is 25.4 Å². The van der Waals surface area contributed by atoms with Crippen LogP contribution in [0.25, 0.3) is 0 Å². The third-order valence-corrected chi connectivity index (χ3v) is 5.07. The monoisotopic (exact) mass is 376 g/mol. The van der Waals surface area contributed by atoms with Crippen LogP contribution in [-0.4, -0.2) is 52.3 Å². The molecule has 6 nitrogen and oxygen atoms in total. The second-order valence-electron chi connectivity index (χ2n) is 6.22. The van der Waals surface area contributed by atoms with Gasteiger partial charge in [-0.2, -0.15) is 0 Å². The van der Waals surface area contributed by atoms with Gasteiger partial charge in [0.15, 0.2) is 3.95 Å². The quantitative estimate of drug-likeness (QED) is 0.705. The molecular weight excluding hydrogens is 356 g/mol. The van der Waals surface area contributed by atoms with E-state index in [4.69, 9.17) is 4.74 Å². The van der Waals surface area contributed by atoms with Crippen molar-refractivity contribution in [3.63, 3.8) is 0 Å². The average molecular weight is 377 g/mol. The maximum atomic E-state index is 12.2. The molecule has 0 aromatic rings. The highest BCUT2D eigenvalue weighted by molar-refractivity contribution is 9.22. The molecule has 1 N–H and O–H groups in total. The van der Waals surface area contributed by atoms with Crippen LogP contribution in [0.3, 0.4) is 0 Å². The van der Waals surface area contributed by atoms with E-state index in [0.29, 0.717) is 11.8 Å². The summed E-state index contributed by atoms with van der Waals surface area (Å²) in [6.45, 7) is 7.90. The van der Waals surface area contributed by atoms with Crippen molar-refractivity contribution in [2.75, 3.05) is 25.4 Å². The first-order valence-electron chi connectivity index (χ1n) is 6.94. The Morgan fingerprint density at radius 2 is 2.19 bits per heavy atom. The number of carbonyl (C=O) groups is 1. The third kappa shape index (κ3) is 5.18. The lowest BCUT2D eigenvalue weighted by Gasteiger charge is -2.24. The molecule has 2 unspecified atom stereocenters. The Kier molecular flexibility index (Phi) is 5.54. The number of likely N-dealkylation sites (tertiary alicyclic amines) is 1. The van der Waals surface area contributed by atoms with Gasteiger partial charge in [-0.25, -0.2) is 4.79 Å². The number of fused-ring (bicyclic) bond motifs is 1. The zero-order chi connectivity index (χ0) is 15.5. The summed E-state index contributed by atoms with van der Waals surface area (Å²) in [5, 5.41) is 11.1. The Balaban J connectivity index is 1.99. The summed E-state index contributed by atoms with van der Waals surface area (Å²) in [5.41, 5.74) is -0.455. The van der Waals surface area contributed by atoms with Gasteiger partial charge in [-0.05, 0) is 48.5 Å². The standard InChI is InChI=1S/C13H21BrN4O2S/c1-13(2,3)20-12(19)18-5-9-4-15-8-16-17-11(14)21-7-10(9)6-18/h8-10H,4-7H2,1-3H3,(H,15,16)/b17-11-. The highest BCUT2D eigenvalue weighted by Crippen LogP contribution is 2.29. The number of nitrogens with one attached hydrogen (secondary N) is 1. The number of rotatable bonds is 0. The lowest BCUT2D eigenvalue weighted by Crippen LogP contribution is -2.36. The van der Waals surface area contributed by atoms with Crippen LogP contribution in [-0.2, 0) is 4.74 Å². The molecule has 21 heavy (non-hydrogen) atoms. The number of ether oxygens (including phenoxy) is 1. The number of carbonyl (C=O) groups excluding carboxylic acids is 1. The normalized spacial score (nSPS) is 30.7.